The Bertz CT molecular complexity index is 905. The average Bonchev–Trinajstić information content (AvgIpc) is 3.05. The van der Waals surface area contributed by atoms with Crippen molar-refractivity contribution in [1.29, 1.82) is 0 Å². The number of aryl methyl sites for hydroxylation is 2. The van der Waals surface area contributed by atoms with Crippen LogP contribution in [0.5, 0.6) is 0 Å². The van der Waals surface area contributed by atoms with Crippen LogP contribution < -0.4 is 5.32 Å². The first-order chi connectivity index (χ1) is 12.5. The molecule has 1 amide bonds. The number of carbonyl (C=O) groups excluding carboxylic acids is 1. The second kappa shape index (κ2) is 7.70. The monoisotopic (exact) mass is 351 g/mol. The topological polar surface area (TPSA) is 55.6 Å². The molecule has 0 saturated carbocycles. The van der Waals surface area contributed by atoms with Gasteiger partial charge in [0.25, 0.3) is 5.91 Å². The third kappa shape index (κ3) is 3.94. The quantitative estimate of drug-likeness (QED) is 0.913. The number of amides is 1. The van der Waals surface area contributed by atoms with Gasteiger partial charge < -0.3 is 14.5 Å². The molecular formula is C21H25N3O2. The molecule has 3 rings (SSSR count). The molecule has 0 fully saturated rings. The Morgan fingerprint density at radius 3 is 2.96 bits per heavy atom. The van der Waals surface area contributed by atoms with E-state index in [1.54, 1.807) is 13.2 Å². The van der Waals surface area contributed by atoms with Gasteiger partial charge in [-0.1, -0.05) is 24.3 Å². The summed E-state index contributed by atoms with van der Waals surface area (Å²) in [5, 5.41) is 3.00. The van der Waals surface area contributed by atoms with Crippen molar-refractivity contribution in [3.63, 3.8) is 0 Å². The summed E-state index contributed by atoms with van der Waals surface area (Å²) >= 11 is 0. The van der Waals surface area contributed by atoms with Crippen molar-refractivity contribution in [2.24, 2.45) is 0 Å². The summed E-state index contributed by atoms with van der Waals surface area (Å²) < 4.78 is 7.43. The molecule has 2 aromatic heterocycles. The molecule has 136 valence electrons. The Hall–Kier alpha value is -2.66. The van der Waals surface area contributed by atoms with Crippen molar-refractivity contribution < 1.29 is 9.53 Å². The van der Waals surface area contributed by atoms with E-state index in [9.17, 15) is 4.79 Å². The maximum Gasteiger partial charge on any atom is 0.259 e. The first-order valence-electron chi connectivity index (χ1n) is 8.83. The minimum atomic E-state index is -0.167. The molecule has 0 saturated heterocycles. The van der Waals surface area contributed by atoms with E-state index in [4.69, 9.17) is 4.74 Å². The molecular weight excluding hydrogens is 326 g/mol. The summed E-state index contributed by atoms with van der Waals surface area (Å²) in [6, 6.07) is 3.80. The average molecular weight is 351 g/mol. The van der Waals surface area contributed by atoms with E-state index in [2.05, 4.69) is 16.9 Å². The molecule has 26 heavy (non-hydrogen) atoms. The molecule has 1 N–H and O–H groups in total. The van der Waals surface area contributed by atoms with Gasteiger partial charge in [0.1, 0.15) is 5.65 Å². The zero-order valence-corrected chi connectivity index (χ0v) is 15.6. The first kappa shape index (κ1) is 18.1. The van der Waals surface area contributed by atoms with Crippen molar-refractivity contribution in [2.75, 3.05) is 7.11 Å². The summed E-state index contributed by atoms with van der Waals surface area (Å²) in [4.78, 5) is 17.4. The Morgan fingerprint density at radius 2 is 2.19 bits per heavy atom. The molecule has 0 bridgehead atoms. The summed E-state index contributed by atoms with van der Waals surface area (Å²) in [5.41, 5.74) is 4.95. The lowest BCUT2D eigenvalue weighted by atomic mass is 10.1. The van der Waals surface area contributed by atoms with E-state index < -0.39 is 0 Å². The molecule has 0 spiro atoms. The smallest absolute Gasteiger partial charge is 0.259 e. The molecule has 0 radical (unpaired) electrons. The number of hydrogen-bond donors (Lipinski definition) is 1. The third-order valence-electron chi connectivity index (χ3n) is 4.66. The second-order valence-electron chi connectivity index (χ2n) is 6.70. The fraction of sp³-hybridized carbons (Fsp3) is 0.333. The third-order valence-corrected chi connectivity index (χ3v) is 4.66. The highest BCUT2D eigenvalue weighted by Gasteiger charge is 2.15. The van der Waals surface area contributed by atoms with Gasteiger partial charge in [-0.05, 0) is 51.3 Å². The highest BCUT2D eigenvalue weighted by Crippen LogP contribution is 2.18. The van der Waals surface area contributed by atoms with Gasteiger partial charge in [0.15, 0.2) is 0 Å². The van der Waals surface area contributed by atoms with Crippen LogP contribution in [0.25, 0.3) is 5.65 Å². The molecule has 1 atom stereocenters. The molecule has 1 aliphatic carbocycles. The van der Waals surface area contributed by atoms with Crippen LogP contribution in [0.15, 0.2) is 54.4 Å². The molecule has 0 aliphatic heterocycles. The number of hydrogen-bond acceptors (Lipinski definition) is 3. The van der Waals surface area contributed by atoms with Crippen LogP contribution in [0.3, 0.4) is 0 Å². The van der Waals surface area contributed by atoms with Crippen LogP contribution in [-0.2, 0) is 4.74 Å². The van der Waals surface area contributed by atoms with E-state index in [1.165, 1.54) is 0 Å². The largest absolute Gasteiger partial charge is 0.381 e. The van der Waals surface area contributed by atoms with Gasteiger partial charge in [0.2, 0.25) is 0 Å². The number of methoxy groups -OCH3 is 1. The number of aromatic nitrogens is 2. The molecule has 1 aliphatic rings. The number of nitrogens with one attached hydrogen (secondary N) is 1. The maximum absolute atomic E-state index is 12.8. The Morgan fingerprint density at radius 1 is 1.38 bits per heavy atom. The summed E-state index contributed by atoms with van der Waals surface area (Å²) in [7, 11) is 1.72. The first-order valence-corrected chi connectivity index (χ1v) is 8.83. The summed E-state index contributed by atoms with van der Waals surface area (Å²) in [5.74, 6) is -0.167. The minimum Gasteiger partial charge on any atom is -0.381 e. The van der Waals surface area contributed by atoms with Crippen molar-refractivity contribution in [3.8, 4) is 0 Å². The minimum absolute atomic E-state index is 0.126. The van der Waals surface area contributed by atoms with Crippen LogP contribution in [0.2, 0.25) is 0 Å². The molecule has 2 heterocycles. The van der Waals surface area contributed by atoms with Crippen molar-refractivity contribution in [1.82, 2.24) is 14.7 Å². The van der Waals surface area contributed by atoms with Gasteiger partial charge in [-0.2, -0.15) is 0 Å². The van der Waals surface area contributed by atoms with Gasteiger partial charge in [-0.15, -0.1) is 0 Å². The Balaban J connectivity index is 1.87. The van der Waals surface area contributed by atoms with Gasteiger partial charge in [-0.25, -0.2) is 4.98 Å². The van der Waals surface area contributed by atoms with Crippen LogP contribution in [0.1, 0.15) is 41.0 Å². The molecule has 5 heteroatoms. The highest BCUT2D eigenvalue weighted by atomic mass is 16.5. The van der Waals surface area contributed by atoms with Gasteiger partial charge in [0.05, 0.1) is 11.7 Å². The summed E-state index contributed by atoms with van der Waals surface area (Å²) in [6.45, 7) is 7.99. The van der Waals surface area contributed by atoms with Crippen molar-refractivity contribution >= 4 is 11.6 Å². The summed E-state index contributed by atoms with van der Waals surface area (Å²) in [6.07, 6.45) is 10.4. The molecule has 1 unspecified atom stereocenters. The maximum atomic E-state index is 12.8. The van der Waals surface area contributed by atoms with Crippen molar-refractivity contribution in [3.05, 3.63) is 71.4 Å². The number of allylic oxidation sites excluding steroid dienone is 3. The van der Waals surface area contributed by atoms with Gasteiger partial charge >= 0.3 is 0 Å². The van der Waals surface area contributed by atoms with E-state index in [0.717, 1.165) is 41.9 Å². The van der Waals surface area contributed by atoms with Crippen LogP contribution in [-0.4, -0.2) is 28.5 Å². The highest BCUT2D eigenvalue weighted by molar-refractivity contribution is 6.01. The number of carbonyl (C=O) groups is 1. The Kier molecular flexibility index (Phi) is 5.38. The van der Waals surface area contributed by atoms with E-state index >= 15 is 0 Å². The fourth-order valence-electron chi connectivity index (χ4n) is 3.16. The SMILES string of the molecule is C=C1/C=C\C(NC(=O)c2ccn3c(C)cc(C)nc23)=C/CC(OC)CC1. The van der Waals surface area contributed by atoms with Crippen LogP contribution in [0.4, 0.5) is 0 Å². The van der Waals surface area contributed by atoms with Gasteiger partial charge in [0, 0.05) is 30.4 Å². The van der Waals surface area contributed by atoms with Crippen LogP contribution in [0, 0.1) is 13.8 Å². The number of ether oxygens (including phenoxy) is 1. The number of rotatable bonds is 3. The molecule has 2 aromatic rings. The molecule has 0 aromatic carbocycles. The predicted molar refractivity (Wildman–Crippen MR) is 103 cm³/mol. The normalized spacial score (nSPS) is 21.4. The second-order valence-corrected chi connectivity index (χ2v) is 6.70. The lowest BCUT2D eigenvalue weighted by Gasteiger charge is -2.12. The lowest BCUT2D eigenvalue weighted by molar-refractivity contribution is 0.0956. The van der Waals surface area contributed by atoms with E-state index in [0.29, 0.717) is 11.2 Å². The zero-order chi connectivity index (χ0) is 18.7. The van der Waals surface area contributed by atoms with E-state index in [-0.39, 0.29) is 12.0 Å². The number of nitrogens with zero attached hydrogens (tertiary/aromatic N) is 2. The predicted octanol–water partition coefficient (Wildman–Crippen LogP) is 3.88. The van der Waals surface area contributed by atoms with Crippen LogP contribution >= 0.6 is 0 Å². The standard InChI is InChI=1S/C21H25N3O2/c1-14-5-7-17(8-10-18(26-4)9-6-14)23-21(25)19-11-12-24-16(3)13-15(2)22-20(19)24/h5,7-8,11-13,18H,1,6,9-10H2,2-4H3,(H,23,25)/b7-5-,17-8+. The number of fused-ring (bicyclic) bond motifs is 1. The Labute approximate surface area is 154 Å². The van der Waals surface area contributed by atoms with Crippen molar-refractivity contribution in [2.45, 2.75) is 39.2 Å². The lowest BCUT2D eigenvalue weighted by Crippen LogP contribution is -2.22. The van der Waals surface area contributed by atoms with E-state index in [1.807, 2.05) is 48.7 Å². The van der Waals surface area contributed by atoms with Gasteiger partial charge in [-0.3, -0.25) is 4.79 Å². The zero-order valence-electron chi connectivity index (χ0n) is 15.6. The molecule has 5 nitrogen and oxygen atoms in total. The fourth-order valence-corrected chi connectivity index (χ4v) is 3.16.